The molecule has 5 unspecified atom stereocenters. The van der Waals surface area contributed by atoms with Gasteiger partial charge in [0.25, 0.3) is 0 Å². The maximum absolute atomic E-state index is 13.7. The van der Waals surface area contributed by atoms with E-state index in [-0.39, 0.29) is 23.9 Å². The number of carbonyl (C=O) groups excluding carboxylic acids is 3. The minimum absolute atomic E-state index is 0.0492. The van der Waals surface area contributed by atoms with Gasteiger partial charge in [-0.1, -0.05) is 50.1 Å². The van der Waals surface area contributed by atoms with Crippen molar-refractivity contribution in [2.24, 2.45) is 5.92 Å². The van der Waals surface area contributed by atoms with Gasteiger partial charge in [-0.25, -0.2) is 4.79 Å². The summed E-state index contributed by atoms with van der Waals surface area (Å²) in [5, 5.41) is 15.5. The molecule has 34 heavy (non-hydrogen) atoms. The summed E-state index contributed by atoms with van der Waals surface area (Å²) in [6.07, 6.45) is 1.69. The van der Waals surface area contributed by atoms with E-state index in [1.165, 1.54) is 0 Å². The standard InChI is InChI=1S/C26H41N3O5/c1-8-10-18(4)27-23(31)22(19-12-9-11-16(2)13-19)29(21-14-17(21)3)24(32)20(15-30)28-25(33)34-26(5,6)7/h9,11-13,17-18,20-22,30H,8,10,14-15H2,1-7H3,(H,27,31)(H,28,33). The molecule has 0 heterocycles. The van der Waals surface area contributed by atoms with Gasteiger partial charge in [-0.3, -0.25) is 9.59 Å². The Labute approximate surface area is 203 Å². The SMILES string of the molecule is CCCC(C)NC(=O)C(c1cccc(C)c1)N(C(=O)C(CO)NC(=O)OC(C)(C)C)C1CC1C. The first-order chi connectivity index (χ1) is 15.9. The van der Waals surface area contributed by atoms with Crippen LogP contribution in [0.3, 0.4) is 0 Å². The fourth-order valence-corrected chi connectivity index (χ4v) is 4.09. The van der Waals surface area contributed by atoms with Gasteiger partial charge < -0.3 is 25.4 Å². The maximum atomic E-state index is 13.7. The molecule has 1 saturated carbocycles. The molecule has 0 aliphatic heterocycles. The van der Waals surface area contributed by atoms with Crippen LogP contribution in [0.4, 0.5) is 4.79 Å². The number of amides is 3. The summed E-state index contributed by atoms with van der Waals surface area (Å²) in [4.78, 5) is 41.2. The number of carbonyl (C=O) groups is 3. The molecule has 190 valence electrons. The number of alkyl carbamates (subject to hydrolysis) is 1. The lowest BCUT2D eigenvalue weighted by atomic mass is 10.00. The summed E-state index contributed by atoms with van der Waals surface area (Å²) in [5.74, 6) is -0.571. The second kappa shape index (κ2) is 11.7. The van der Waals surface area contributed by atoms with E-state index < -0.39 is 36.3 Å². The number of ether oxygens (including phenoxy) is 1. The fourth-order valence-electron chi connectivity index (χ4n) is 4.09. The molecule has 1 fully saturated rings. The lowest BCUT2D eigenvalue weighted by molar-refractivity contribution is -0.144. The van der Waals surface area contributed by atoms with Gasteiger partial charge in [0.2, 0.25) is 11.8 Å². The zero-order chi connectivity index (χ0) is 25.6. The predicted octanol–water partition coefficient (Wildman–Crippen LogP) is 3.46. The Kier molecular flexibility index (Phi) is 9.50. The van der Waals surface area contributed by atoms with Gasteiger partial charge in [-0.15, -0.1) is 0 Å². The quantitative estimate of drug-likeness (QED) is 0.480. The fraction of sp³-hybridized carbons (Fsp3) is 0.654. The van der Waals surface area contributed by atoms with E-state index in [1.807, 2.05) is 45.0 Å². The van der Waals surface area contributed by atoms with E-state index in [9.17, 15) is 19.5 Å². The Balaban J connectivity index is 2.42. The van der Waals surface area contributed by atoms with Crippen LogP contribution in [0.5, 0.6) is 0 Å². The number of benzene rings is 1. The lowest BCUT2D eigenvalue weighted by Gasteiger charge is -2.35. The van der Waals surface area contributed by atoms with Crippen molar-refractivity contribution < 1.29 is 24.2 Å². The van der Waals surface area contributed by atoms with Crippen molar-refractivity contribution in [2.45, 2.75) is 97.5 Å². The molecule has 0 spiro atoms. The van der Waals surface area contributed by atoms with Crippen LogP contribution in [0.25, 0.3) is 0 Å². The number of aryl methyl sites for hydroxylation is 1. The van der Waals surface area contributed by atoms with Crippen molar-refractivity contribution >= 4 is 17.9 Å². The molecule has 8 heteroatoms. The first-order valence-corrected chi connectivity index (χ1v) is 12.2. The van der Waals surface area contributed by atoms with E-state index in [0.29, 0.717) is 5.56 Å². The van der Waals surface area contributed by atoms with Crippen molar-refractivity contribution in [3.63, 3.8) is 0 Å². The zero-order valence-corrected chi connectivity index (χ0v) is 21.6. The Bertz CT molecular complexity index is 866. The zero-order valence-electron chi connectivity index (χ0n) is 21.6. The van der Waals surface area contributed by atoms with Crippen molar-refractivity contribution in [3.8, 4) is 0 Å². The average molecular weight is 476 g/mol. The highest BCUT2D eigenvalue weighted by atomic mass is 16.6. The Hall–Kier alpha value is -2.61. The van der Waals surface area contributed by atoms with Crippen LogP contribution in [0.15, 0.2) is 24.3 Å². The van der Waals surface area contributed by atoms with Gasteiger partial charge in [0.05, 0.1) is 6.61 Å². The van der Waals surface area contributed by atoms with Gasteiger partial charge in [0.1, 0.15) is 17.7 Å². The molecule has 5 atom stereocenters. The number of aliphatic hydroxyl groups is 1. The lowest BCUT2D eigenvalue weighted by Crippen LogP contribution is -2.55. The molecule has 1 aromatic rings. The van der Waals surface area contributed by atoms with Crippen LogP contribution in [-0.2, 0) is 14.3 Å². The Morgan fingerprint density at radius 2 is 1.88 bits per heavy atom. The van der Waals surface area contributed by atoms with E-state index in [2.05, 4.69) is 17.6 Å². The molecule has 3 amide bonds. The molecule has 1 aliphatic carbocycles. The Morgan fingerprint density at radius 3 is 2.38 bits per heavy atom. The number of hydrogen-bond donors (Lipinski definition) is 3. The minimum atomic E-state index is -1.23. The number of rotatable bonds is 10. The third-order valence-corrected chi connectivity index (χ3v) is 5.85. The molecule has 8 nitrogen and oxygen atoms in total. The predicted molar refractivity (Wildman–Crippen MR) is 131 cm³/mol. The van der Waals surface area contributed by atoms with Gasteiger partial charge >= 0.3 is 6.09 Å². The van der Waals surface area contributed by atoms with E-state index in [1.54, 1.807) is 25.7 Å². The van der Waals surface area contributed by atoms with E-state index in [0.717, 1.165) is 24.8 Å². The summed E-state index contributed by atoms with van der Waals surface area (Å²) < 4.78 is 5.27. The van der Waals surface area contributed by atoms with Crippen molar-refractivity contribution in [2.75, 3.05) is 6.61 Å². The van der Waals surface area contributed by atoms with Crippen LogP contribution >= 0.6 is 0 Å². The van der Waals surface area contributed by atoms with Crippen LogP contribution in [0.2, 0.25) is 0 Å². The Morgan fingerprint density at radius 1 is 1.24 bits per heavy atom. The molecule has 3 N–H and O–H groups in total. The molecule has 0 saturated heterocycles. The second-order valence-electron chi connectivity index (χ2n) is 10.4. The number of aliphatic hydroxyl groups excluding tert-OH is 1. The van der Waals surface area contributed by atoms with Crippen LogP contribution < -0.4 is 10.6 Å². The smallest absolute Gasteiger partial charge is 0.408 e. The summed E-state index contributed by atoms with van der Waals surface area (Å²) >= 11 is 0. The molecule has 1 aliphatic rings. The maximum Gasteiger partial charge on any atom is 0.408 e. The highest BCUT2D eigenvalue weighted by Crippen LogP contribution is 2.40. The van der Waals surface area contributed by atoms with Crippen LogP contribution in [-0.4, -0.2) is 58.2 Å². The van der Waals surface area contributed by atoms with E-state index in [4.69, 9.17) is 4.74 Å². The minimum Gasteiger partial charge on any atom is -0.444 e. The second-order valence-corrected chi connectivity index (χ2v) is 10.4. The topological polar surface area (TPSA) is 108 Å². The molecule has 0 bridgehead atoms. The van der Waals surface area contributed by atoms with Crippen molar-refractivity contribution in [1.82, 2.24) is 15.5 Å². The first kappa shape index (κ1) is 27.6. The van der Waals surface area contributed by atoms with Crippen molar-refractivity contribution in [1.29, 1.82) is 0 Å². The largest absolute Gasteiger partial charge is 0.444 e. The normalized spacial score (nSPS) is 20.0. The highest BCUT2D eigenvalue weighted by Gasteiger charge is 2.48. The van der Waals surface area contributed by atoms with Gasteiger partial charge in [-0.05, 0) is 58.9 Å². The third-order valence-electron chi connectivity index (χ3n) is 5.85. The molecule has 0 radical (unpaired) electrons. The number of nitrogens with zero attached hydrogens (tertiary/aromatic N) is 1. The molecular formula is C26H41N3O5. The van der Waals surface area contributed by atoms with Crippen LogP contribution in [0, 0.1) is 12.8 Å². The van der Waals surface area contributed by atoms with Gasteiger partial charge in [0.15, 0.2) is 0 Å². The molecule has 1 aromatic carbocycles. The monoisotopic (exact) mass is 475 g/mol. The van der Waals surface area contributed by atoms with Gasteiger partial charge in [0, 0.05) is 12.1 Å². The molecule has 2 rings (SSSR count). The van der Waals surface area contributed by atoms with E-state index >= 15 is 0 Å². The number of hydrogen-bond acceptors (Lipinski definition) is 5. The van der Waals surface area contributed by atoms with Crippen molar-refractivity contribution in [3.05, 3.63) is 35.4 Å². The summed E-state index contributed by atoms with van der Waals surface area (Å²) in [6, 6.07) is 5.22. The summed E-state index contributed by atoms with van der Waals surface area (Å²) in [5.41, 5.74) is 0.915. The molecular weight excluding hydrogens is 434 g/mol. The van der Waals surface area contributed by atoms with Crippen LogP contribution in [0.1, 0.15) is 78.0 Å². The third kappa shape index (κ3) is 7.72. The summed E-state index contributed by atoms with van der Waals surface area (Å²) in [7, 11) is 0. The highest BCUT2D eigenvalue weighted by molar-refractivity contribution is 5.92. The van der Waals surface area contributed by atoms with Gasteiger partial charge in [-0.2, -0.15) is 0 Å². The average Bonchev–Trinajstić information content (AvgIpc) is 3.44. The first-order valence-electron chi connectivity index (χ1n) is 12.2. The summed E-state index contributed by atoms with van der Waals surface area (Å²) in [6.45, 7) is 12.5. The number of nitrogens with one attached hydrogen (secondary N) is 2. The molecule has 0 aromatic heterocycles.